The minimum atomic E-state index is -0.169. The van der Waals surface area contributed by atoms with Gasteiger partial charge in [0.25, 0.3) is 5.91 Å². The molecule has 1 aromatic carbocycles. The normalized spacial score (nSPS) is 10.2. The highest BCUT2D eigenvalue weighted by atomic mass is 79.9. The molecule has 0 spiro atoms. The molecular formula is C15H15BrN2O2. The van der Waals surface area contributed by atoms with Gasteiger partial charge in [0.05, 0.1) is 12.7 Å². The van der Waals surface area contributed by atoms with Crippen molar-refractivity contribution in [2.24, 2.45) is 0 Å². The maximum atomic E-state index is 12.2. The first-order chi connectivity index (χ1) is 9.61. The molecule has 0 saturated heterocycles. The molecule has 104 valence electrons. The van der Waals surface area contributed by atoms with Gasteiger partial charge < -0.3 is 10.1 Å². The first kappa shape index (κ1) is 14.5. The van der Waals surface area contributed by atoms with Crippen LogP contribution in [-0.4, -0.2) is 18.0 Å². The highest BCUT2D eigenvalue weighted by Crippen LogP contribution is 2.23. The van der Waals surface area contributed by atoms with E-state index in [2.05, 4.69) is 26.2 Å². The molecule has 2 aromatic rings. The number of halogens is 1. The van der Waals surface area contributed by atoms with Gasteiger partial charge in [0, 0.05) is 23.4 Å². The van der Waals surface area contributed by atoms with E-state index in [9.17, 15) is 4.79 Å². The van der Waals surface area contributed by atoms with Crippen LogP contribution in [0, 0.1) is 6.92 Å². The van der Waals surface area contributed by atoms with Gasteiger partial charge in [-0.25, -0.2) is 0 Å². The smallest absolute Gasteiger partial charge is 0.255 e. The lowest BCUT2D eigenvalue weighted by molar-refractivity contribution is 0.0948. The number of carbonyl (C=O) groups is 1. The van der Waals surface area contributed by atoms with E-state index in [1.54, 1.807) is 31.6 Å². The van der Waals surface area contributed by atoms with Gasteiger partial charge in [-0.3, -0.25) is 9.78 Å². The fourth-order valence-corrected chi connectivity index (χ4v) is 2.15. The number of aromatic nitrogens is 1. The van der Waals surface area contributed by atoms with Gasteiger partial charge in [0.15, 0.2) is 0 Å². The first-order valence-electron chi connectivity index (χ1n) is 6.13. The molecule has 20 heavy (non-hydrogen) atoms. The monoisotopic (exact) mass is 334 g/mol. The molecule has 0 unspecified atom stereocenters. The third-order valence-corrected chi connectivity index (χ3v) is 3.49. The SMILES string of the molecule is COc1cc(Br)ccc1C(=O)NCc1cnccc1C. The Labute approximate surface area is 126 Å². The second kappa shape index (κ2) is 6.52. The Hall–Kier alpha value is -1.88. The number of nitrogens with one attached hydrogen (secondary N) is 1. The Morgan fingerprint density at radius 3 is 2.90 bits per heavy atom. The fourth-order valence-electron chi connectivity index (χ4n) is 1.81. The van der Waals surface area contributed by atoms with Crippen LogP contribution < -0.4 is 10.1 Å². The summed E-state index contributed by atoms with van der Waals surface area (Å²) in [5.74, 6) is 0.373. The lowest BCUT2D eigenvalue weighted by Gasteiger charge is -2.10. The molecule has 1 N–H and O–H groups in total. The summed E-state index contributed by atoms with van der Waals surface area (Å²) in [5.41, 5.74) is 2.61. The van der Waals surface area contributed by atoms with E-state index in [0.717, 1.165) is 15.6 Å². The number of rotatable bonds is 4. The van der Waals surface area contributed by atoms with Crippen LogP contribution in [0.25, 0.3) is 0 Å². The number of methoxy groups -OCH3 is 1. The number of amides is 1. The van der Waals surface area contributed by atoms with Crippen LogP contribution in [0.15, 0.2) is 41.1 Å². The number of aryl methyl sites for hydroxylation is 1. The molecular weight excluding hydrogens is 320 g/mol. The highest BCUT2D eigenvalue weighted by Gasteiger charge is 2.12. The number of carbonyl (C=O) groups excluding carboxylic acids is 1. The van der Waals surface area contributed by atoms with E-state index in [0.29, 0.717) is 17.9 Å². The second-order valence-electron chi connectivity index (χ2n) is 4.33. The van der Waals surface area contributed by atoms with E-state index < -0.39 is 0 Å². The van der Waals surface area contributed by atoms with Crippen LogP contribution in [-0.2, 0) is 6.54 Å². The molecule has 0 bridgehead atoms. The van der Waals surface area contributed by atoms with Crippen LogP contribution in [0.5, 0.6) is 5.75 Å². The molecule has 0 saturated carbocycles. The molecule has 1 heterocycles. The van der Waals surface area contributed by atoms with Crippen LogP contribution >= 0.6 is 15.9 Å². The van der Waals surface area contributed by atoms with Crippen molar-refractivity contribution in [1.29, 1.82) is 0 Å². The van der Waals surface area contributed by atoms with Crippen molar-refractivity contribution in [1.82, 2.24) is 10.3 Å². The van der Waals surface area contributed by atoms with E-state index in [-0.39, 0.29) is 5.91 Å². The molecule has 0 aliphatic carbocycles. The van der Waals surface area contributed by atoms with Crippen LogP contribution in [0.1, 0.15) is 21.5 Å². The third-order valence-electron chi connectivity index (χ3n) is 3.00. The van der Waals surface area contributed by atoms with Crippen LogP contribution in [0.3, 0.4) is 0 Å². The topological polar surface area (TPSA) is 51.2 Å². The molecule has 0 aliphatic heterocycles. The summed E-state index contributed by atoms with van der Waals surface area (Å²) in [4.78, 5) is 16.3. The number of pyridine rings is 1. The minimum absolute atomic E-state index is 0.169. The third kappa shape index (κ3) is 3.36. The number of benzene rings is 1. The van der Waals surface area contributed by atoms with Crippen LogP contribution in [0.2, 0.25) is 0 Å². The Balaban J connectivity index is 2.11. The van der Waals surface area contributed by atoms with E-state index in [1.807, 2.05) is 19.1 Å². The molecule has 2 rings (SSSR count). The summed E-state index contributed by atoms with van der Waals surface area (Å²) in [7, 11) is 1.55. The Morgan fingerprint density at radius 1 is 1.40 bits per heavy atom. The number of hydrogen-bond acceptors (Lipinski definition) is 3. The number of hydrogen-bond donors (Lipinski definition) is 1. The van der Waals surface area contributed by atoms with Crippen molar-refractivity contribution < 1.29 is 9.53 Å². The van der Waals surface area contributed by atoms with Crippen LogP contribution in [0.4, 0.5) is 0 Å². The predicted octanol–water partition coefficient (Wildman–Crippen LogP) is 3.09. The van der Waals surface area contributed by atoms with Crippen molar-refractivity contribution in [2.75, 3.05) is 7.11 Å². The van der Waals surface area contributed by atoms with Crippen molar-refractivity contribution in [3.05, 3.63) is 57.8 Å². The Bertz CT molecular complexity index is 629. The minimum Gasteiger partial charge on any atom is -0.496 e. The molecule has 1 amide bonds. The zero-order valence-corrected chi connectivity index (χ0v) is 12.9. The van der Waals surface area contributed by atoms with E-state index in [1.165, 1.54) is 0 Å². The molecule has 0 atom stereocenters. The average molecular weight is 335 g/mol. The van der Waals surface area contributed by atoms with Crippen molar-refractivity contribution in [2.45, 2.75) is 13.5 Å². The van der Waals surface area contributed by atoms with Crippen molar-refractivity contribution in [3.63, 3.8) is 0 Å². The zero-order valence-electron chi connectivity index (χ0n) is 11.3. The summed E-state index contributed by atoms with van der Waals surface area (Å²) in [6.45, 7) is 2.43. The predicted molar refractivity (Wildman–Crippen MR) is 80.8 cm³/mol. The lowest BCUT2D eigenvalue weighted by Crippen LogP contribution is -2.23. The zero-order chi connectivity index (χ0) is 14.5. The lowest BCUT2D eigenvalue weighted by atomic mass is 10.1. The summed E-state index contributed by atoms with van der Waals surface area (Å²) in [5, 5.41) is 2.88. The molecule has 0 radical (unpaired) electrons. The molecule has 5 heteroatoms. The summed E-state index contributed by atoms with van der Waals surface area (Å²) in [6, 6.07) is 7.23. The van der Waals surface area contributed by atoms with Gasteiger partial charge in [0.1, 0.15) is 5.75 Å². The van der Waals surface area contributed by atoms with Crippen molar-refractivity contribution in [3.8, 4) is 5.75 Å². The summed E-state index contributed by atoms with van der Waals surface area (Å²) < 4.78 is 6.09. The molecule has 4 nitrogen and oxygen atoms in total. The maximum absolute atomic E-state index is 12.2. The van der Waals surface area contributed by atoms with Gasteiger partial charge in [-0.1, -0.05) is 15.9 Å². The van der Waals surface area contributed by atoms with Gasteiger partial charge in [-0.2, -0.15) is 0 Å². The van der Waals surface area contributed by atoms with E-state index >= 15 is 0 Å². The maximum Gasteiger partial charge on any atom is 0.255 e. The average Bonchev–Trinajstić information content (AvgIpc) is 2.46. The Morgan fingerprint density at radius 2 is 2.20 bits per heavy atom. The number of nitrogens with zero attached hydrogens (tertiary/aromatic N) is 1. The summed E-state index contributed by atoms with van der Waals surface area (Å²) >= 11 is 3.35. The first-order valence-corrected chi connectivity index (χ1v) is 6.92. The fraction of sp³-hybridized carbons (Fsp3) is 0.200. The number of ether oxygens (including phenoxy) is 1. The second-order valence-corrected chi connectivity index (χ2v) is 5.25. The highest BCUT2D eigenvalue weighted by molar-refractivity contribution is 9.10. The van der Waals surface area contributed by atoms with Gasteiger partial charge >= 0.3 is 0 Å². The van der Waals surface area contributed by atoms with Gasteiger partial charge in [-0.15, -0.1) is 0 Å². The van der Waals surface area contributed by atoms with Gasteiger partial charge in [0.2, 0.25) is 0 Å². The molecule has 1 aromatic heterocycles. The van der Waals surface area contributed by atoms with Gasteiger partial charge in [-0.05, 0) is 42.3 Å². The largest absolute Gasteiger partial charge is 0.496 e. The Kier molecular flexibility index (Phi) is 4.74. The quantitative estimate of drug-likeness (QED) is 0.934. The molecule has 0 fully saturated rings. The standard InChI is InChI=1S/C15H15BrN2O2/c1-10-5-6-17-8-11(10)9-18-15(19)13-4-3-12(16)7-14(13)20-2/h3-8H,9H2,1-2H3,(H,18,19). The van der Waals surface area contributed by atoms with E-state index in [4.69, 9.17) is 4.74 Å². The summed E-state index contributed by atoms with van der Waals surface area (Å²) in [6.07, 6.45) is 3.49. The molecule has 0 aliphatic rings. The van der Waals surface area contributed by atoms with Crippen molar-refractivity contribution >= 4 is 21.8 Å².